The van der Waals surface area contributed by atoms with Crippen molar-refractivity contribution in [2.45, 2.75) is 60.1 Å². The van der Waals surface area contributed by atoms with Crippen LogP contribution in [-0.2, 0) is 21.4 Å². The van der Waals surface area contributed by atoms with Gasteiger partial charge in [-0.3, -0.25) is 9.69 Å². The van der Waals surface area contributed by atoms with E-state index >= 15 is 0 Å². The van der Waals surface area contributed by atoms with E-state index in [1.165, 1.54) is 4.90 Å². The van der Waals surface area contributed by atoms with Crippen LogP contribution in [0.25, 0.3) is 0 Å². The predicted molar refractivity (Wildman–Crippen MR) is 148 cm³/mol. The first-order valence-electron chi connectivity index (χ1n) is 12.8. The van der Waals surface area contributed by atoms with Gasteiger partial charge in [-0.05, 0) is 73.6 Å². The van der Waals surface area contributed by atoms with Crippen LogP contribution in [0.5, 0.6) is 0 Å². The Hall–Kier alpha value is -1.88. The number of thioether (sulfide) groups is 1. The van der Waals surface area contributed by atoms with Crippen molar-refractivity contribution in [2.75, 3.05) is 26.2 Å². The number of piperidine rings is 1. The number of rotatable bonds is 8. The van der Waals surface area contributed by atoms with Crippen LogP contribution < -0.4 is 0 Å². The minimum atomic E-state index is -3.52. The summed E-state index contributed by atoms with van der Waals surface area (Å²) < 4.78 is 28.6. The van der Waals surface area contributed by atoms with E-state index in [2.05, 4.69) is 35.0 Å². The van der Waals surface area contributed by atoms with E-state index in [1.54, 1.807) is 45.2 Å². The van der Waals surface area contributed by atoms with Gasteiger partial charge in [0.05, 0.1) is 4.90 Å². The van der Waals surface area contributed by atoms with Crippen molar-refractivity contribution in [3.05, 3.63) is 58.6 Å². The number of carbonyl (C=O) groups is 2. The lowest BCUT2D eigenvalue weighted by Crippen LogP contribution is -2.53. The number of urea groups is 1. The lowest BCUT2D eigenvalue weighted by atomic mass is 10.0. The number of imide groups is 1. The van der Waals surface area contributed by atoms with Gasteiger partial charge in [0.2, 0.25) is 15.9 Å². The summed E-state index contributed by atoms with van der Waals surface area (Å²) >= 11 is 5.20. The third-order valence-corrected chi connectivity index (χ3v) is 11.2. The normalized spacial score (nSPS) is 22.4. The fourth-order valence-electron chi connectivity index (χ4n) is 5.01. The van der Waals surface area contributed by atoms with Crippen LogP contribution in [-0.4, -0.2) is 65.4 Å². The van der Waals surface area contributed by atoms with E-state index in [0.717, 1.165) is 40.6 Å². The molecule has 1 atom stereocenters. The van der Waals surface area contributed by atoms with E-state index in [4.69, 9.17) is 0 Å². The molecule has 10 heteroatoms. The van der Waals surface area contributed by atoms with Crippen LogP contribution in [0.2, 0.25) is 0 Å². The molecule has 3 fully saturated rings. The topological polar surface area (TPSA) is 78.0 Å². The molecular formula is C27H32BrN3O4S2. The molecule has 0 aromatic heterocycles. The fraction of sp³-hybridized carbons (Fsp3) is 0.481. The van der Waals surface area contributed by atoms with Crippen molar-refractivity contribution >= 4 is 49.7 Å². The highest BCUT2D eigenvalue weighted by molar-refractivity contribution is 9.10. The fourth-order valence-corrected chi connectivity index (χ4v) is 8.15. The average molecular weight is 607 g/mol. The van der Waals surface area contributed by atoms with Gasteiger partial charge in [0, 0.05) is 53.3 Å². The quantitative estimate of drug-likeness (QED) is 0.405. The Morgan fingerprint density at radius 3 is 2.38 bits per heavy atom. The van der Waals surface area contributed by atoms with Gasteiger partial charge in [-0.1, -0.05) is 35.0 Å². The number of sulfonamides is 1. The minimum absolute atomic E-state index is 0.121. The van der Waals surface area contributed by atoms with Crippen LogP contribution in [0.1, 0.15) is 44.6 Å². The van der Waals surface area contributed by atoms with Crippen molar-refractivity contribution in [3.8, 4) is 0 Å². The molecular weight excluding hydrogens is 574 g/mol. The van der Waals surface area contributed by atoms with Gasteiger partial charge >= 0.3 is 6.03 Å². The van der Waals surface area contributed by atoms with Crippen molar-refractivity contribution in [1.82, 2.24) is 14.1 Å². The van der Waals surface area contributed by atoms with Gasteiger partial charge < -0.3 is 4.90 Å². The number of hydrogen-bond acceptors (Lipinski definition) is 5. The maximum atomic E-state index is 13.3. The standard InChI is InChI=1S/C27H32BrN3O4S2/c1-20-3-2-15-30(17-20)37(34,35)24-10-4-21(5-11-24)18-29-16-12-25(32)31(26(29)33)19-27(13-14-27)36-23-8-6-22(28)7-9-23/h4-11,20H,2-3,12-19H2,1H3. The zero-order valence-electron chi connectivity index (χ0n) is 20.9. The van der Waals surface area contributed by atoms with Gasteiger partial charge in [0.25, 0.3) is 0 Å². The van der Waals surface area contributed by atoms with E-state index < -0.39 is 10.0 Å². The molecule has 1 unspecified atom stereocenters. The minimum Gasteiger partial charge on any atom is -0.319 e. The maximum Gasteiger partial charge on any atom is 0.327 e. The number of halogens is 1. The van der Waals surface area contributed by atoms with Gasteiger partial charge in [-0.2, -0.15) is 4.31 Å². The zero-order chi connectivity index (χ0) is 26.2. The molecule has 3 amide bonds. The lowest BCUT2D eigenvalue weighted by Gasteiger charge is -2.36. The molecule has 2 aromatic carbocycles. The third kappa shape index (κ3) is 6.08. The maximum absolute atomic E-state index is 13.3. The third-order valence-electron chi connectivity index (χ3n) is 7.35. The van der Waals surface area contributed by atoms with Crippen LogP contribution in [0, 0.1) is 5.92 Å². The second kappa shape index (κ2) is 10.7. The SMILES string of the molecule is CC1CCCN(S(=O)(=O)c2ccc(CN3CCC(=O)N(CC4(Sc5ccc(Br)cc5)CC4)C3=O)cc2)C1. The number of carbonyl (C=O) groups excluding carboxylic acids is 2. The summed E-state index contributed by atoms with van der Waals surface area (Å²) in [6.07, 6.45) is 4.17. The Kier molecular flexibility index (Phi) is 7.73. The molecule has 198 valence electrons. The lowest BCUT2D eigenvalue weighted by molar-refractivity contribution is -0.131. The molecule has 5 rings (SSSR count). The van der Waals surface area contributed by atoms with Gasteiger partial charge in [0.15, 0.2) is 0 Å². The Labute approximate surface area is 231 Å². The summed E-state index contributed by atoms with van der Waals surface area (Å²) in [4.78, 5) is 30.6. The van der Waals surface area contributed by atoms with Crippen LogP contribution in [0.3, 0.4) is 0 Å². The second-order valence-corrected chi connectivity index (χ2v) is 14.8. The second-order valence-electron chi connectivity index (χ2n) is 10.4. The molecule has 0 radical (unpaired) electrons. The smallest absolute Gasteiger partial charge is 0.319 e. The molecule has 3 aliphatic rings. The molecule has 2 aromatic rings. The monoisotopic (exact) mass is 605 g/mol. The Balaban J connectivity index is 1.23. The van der Waals surface area contributed by atoms with Gasteiger partial charge in [-0.25, -0.2) is 13.2 Å². The van der Waals surface area contributed by atoms with Crippen LogP contribution in [0.15, 0.2) is 62.8 Å². The summed E-state index contributed by atoms with van der Waals surface area (Å²) in [5.41, 5.74) is 0.846. The summed E-state index contributed by atoms with van der Waals surface area (Å²) in [7, 11) is -3.52. The molecule has 0 spiro atoms. The van der Waals surface area contributed by atoms with Gasteiger partial charge in [0.1, 0.15) is 0 Å². The molecule has 2 heterocycles. The molecule has 2 aliphatic heterocycles. The highest BCUT2D eigenvalue weighted by atomic mass is 79.9. The Bertz CT molecular complexity index is 1260. The van der Waals surface area contributed by atoms with Crippen LogP contribution >= 0.6 is 27.7 Å². The first-order valence-corrected chi connectivity index (χ1v) is 15.8. The van der Waals surface area contributed by atoms with Crippen molar-refractivity contribution in [1.29, 1.82) is 0 Å². The highest BCUT2D eigenvalue weighted by Crippen LogP contribution is 2.52. The molecule has 0 bridgehead atoms. The molecule has 7 nitrogen and oxygen atoms in total. The number of benzene rings is 2. The average Bonchev–Trinajstić information content (AvgIpc) is 3.64. The molecule has 1 saturated carbocycles. The molecule has 1 aliphatic carbocycles. The summed E-state index contributed by atoms with van der Waals surface area (Å²) in [5, 5.41) is 0. The van der Waals surface area contributed by atoms with Crippen molar-refractivity contribution < 1.29 is 18.0 Å². The van der Waals surface area contributed by atoms with Gasteiger partial charge in [-0.15, -0.1) is 11.8 Å². The first-order chi connectivity index (χ1) is 17.6. The summed E-state index contributed by atoms with van der Waals surface area (Å²) in [6.45, 7) is 4.32. The van der Waals surface area contributed by atoms with E-state index in [9.17, 15) is 18.0 Å². The van der Waals surface area contributed by atoms with E-state index in [1.807, 2.05) is 12.1 Å². The number of nitrogens with zero attached hydrogens (tertiary/aromatic N) is 3. The summed E-state index contributed by atoms with van der Waals surface area (Å²) in [5.74, 6) is 0.239. The molecule has 0 N–H and O–H groups in total. The summed E-state index contributed by atoms with van der Waals surface area (Å²) in [6, 6.07) is 14.7. The van der Waals surface area contributed by atoms with E-state index in [0.29, 0.717) is 45.1 Å². The Morgan fingerprint density at radius 2 is 1.73 bits per heavy atom. The first kappa shape index (κ1) is 26.7. The highest BCUT2D eigenvalue weighted by Gasteiger charge is 2.48. The number of amides is 3. The van der Waals surface area contributed by atoms with Crippen LogP contribution in [0.4, 0.5) is 4.79 Å². The molecule has 37 heavy (non-hydrogen) atoms. The predicted octanol–water partition coefficient (Wildman–Crippen LogP) is 5.35. The van der Waals surface area contributed by atoms with Crippen molar-refractivity contribution in [3.63, 3.8) is 0 Å². The largest absolute Gasteiger partial charge is 0.327 e. The number of hydrogen-bond donors (Lipinski definition) is 0. The Morgan fingerprint density at radius 1 is 1.03 bits per heavy atom. The molecule has 2 saturated heterocycles. The zero-order valence-corrected chi connectivity index (χ0v) is 24.2. The van der Waals surface area contributed by atoms with Crippen molar-refractivity contribution in [2.24, 2.45) is 5.92 Å². The van der Waals surface area contributed by atoms with E-state index in [-0.39, 0.29) is 21.6 Å².